The van der Waals surface area contributed by atoms with Crippen LogP contribution in [0, 0.1) is 34.5 Å². The van der Waals surface area contributed by atoms with Crippen molar-refractivity contribution >= 4 is 11.8 Å². The van der Waals surface area contributed by atoms with Gasteiger partial charge in [-0.3, -0.25) is 9.59 Å². The Morgan fingerprint density at radius 3 is 2.70 bits per heavy atom. The Kier molecular flexibility index (Phi) is 5.93. The molecule has 0 aromatic rings. The number of allylic oxidation sites excluding steroid dienone is 2. The highest BCUT2D eigenvalue weighted by Gasteiger charge is 2.58. The van der Waals surface area contributed by atoms with Crippen LogP contribution < -0.4 is 0 Å². The van der Waals surface area contributed by atoms with Crippen molar-refractivity contribution in [2.24, 2.45) is 34.5 Å². The molecule has 4 aliphatic rings. The molecule has 168 valence electrons. The molecule has 0 amide bonds. The first kappa shape index (κ1) is 22.0. The molecule has 3 fully saturated rings. The second kappa shape index (κ2) is 8.07. The first-order chi connectivity index (χ1) is 14.2. The fourth-order valence-electron chi connectivity index (χ4n) is 8.11. The standard InChI is InChI=1S/C26H40O4/c1-16(6-5-13-27)22-15-23(29)24-20-8-7-18-14-19(30-17(2)28)9-11-25(18,3)21(20)10-12-26(22,24)4/h16,18-19,21-22,27H,5-15H2,1-4H3/t16-,18+,19+,21+,22-,25+,26-/m1/s1. The first-order valence-electron chi connectivity index (χ1n) is 12.3. The maximum absolute atomic E-state index is 13.3. The summed E-state index contributed by atoms with van der Waals surface area (Å²) in [5.41, 5.74) is 2.96. The lowest BCUT2D eigenvalue weighted by atomic mass is 9.48. The number of ether oxygens (including phenoxy) is 1. The number of hydrogen-bond acceptors (Lipinski definition) is 4. The number of fused-ring (bicyclic) bond motifs is 4. The van der Waals surface area contributed by atoms with Crippen LogP contribution in [0.1, 0.15) is 91.9 Å². The van der Waals surface area contributed by atoms with E-state index in [2.05, 4.69) is 20.8 Å². The summed E-state index contributed by atoms with van der Waals surface area (Å²) < 4.78 is 5.57. The van der Waals surface area contributed by atoms with Gasteiger partial charge in [0.2, 0.25) is 0 Å². The molecule has 3 saturated carbocycles. The molecule has 0 aromatic carbocycles. The number of carbonyl (C=O) groups excluding carboxylic acids is 2. The van der Waals surface area contributed by atoms with E-state index in [1.165, 1.54) is 24.5 Å². The SMILES string of the molecule is CC(=O)O[C@H]1CC[C@@]2(C)[C@@H](CCC3=C4C(=O)C[C@H]([C@H](C)CCCO)[C@@]4(C)CC[C@@H]32)C1. The Bertz CT molecular complexity index is 739. The molecule has 0 radical (unpaired) electrons. The van der Waals surface area contributed by atoms with Crippen molar-refractivity contribution in [3.63, 3.8) is 0 Å². The second-order valence-electron chi connectivity index (χ2n) is 11.2. The summed E-state index contributed by atoms with van der Waals surface area (Å²) in [5, 5.41) is 9.26. The van der Waals surface area contributed by atoms with Crippen molar-refractivity contribution in [3.8, 4) is 0 Å². The third kappa shape index (κ3) is 3.47. The van der Waals surface area contributed by atoms with E-state index in [9.17, 15) is 14.7 Å². The molecule has 0 heterocycles. The molecule has 7 atom stereocenters. The number of esters is 1. The minimum Gasteiger partial charge on any atom is -0.463 e. The van der Waals surface area contributed by atoms with Crippen LogP contribution in [0.5, 0.6) is 0 Å². The van der Waals surface area contributed by atoms with Crippen LogP contribution >= 0.6 is 0 Å². The van der Waals surface area contributed by atoms with E-state index in [0.29, 0.717) is 35.9 Å². The Morgan fingerprint density at radius 1 is 1.23 bits per heavy atom. The maximum atomic E-state index is 13.3. The normalized spacial score (nSPS) is 41.7. The summed E-state index contributed by atoms with van der Waals surface area (Å²) >= 11 is 0. The van der Waals surface area contributed by atoms with Gasteiger partial charge in [-0.25, -0.2) is 0 Å². The Hall–Kier alpha value is -1.16. The molecule has 4 rings (SSSR count). The third-order valence-corrected chi connectivity index (χ3v) is 9.65. The Morgan fingerprint density at radius 2 is 2.00 bits per heavy atom. The highest BCUT2D eigenvalue weighted by molar-refractivity contribution is 6.00. The third-order valence-electron chi connectivity index (χ3n) is 9.65. The van der Waals surface area contributed by atoms with Gasteiger partial charge in [0.1, 0.15) is 6.10 Å². The van der Waals surface area contributed by atoms with Crippen LogP contribution in [0.3, 0.4) is 0 Å². The van der Waals surface area contributed by atoms with Gasteiger partial charge in [0.05, 0.1) is 0 Å². The predicted molar refractivity (Wildman–Crippen MR) is 117 cm³/mol. The van der Waals surface area contributed by atoms with Gasteiger partial charge >= 0.3 is 5.97 Å². The van der Waals surface area contributed by atoms with E-state index >= 15 is 0 Å². The van der Waals surface area contributed by atoms with Gasteiger partial charge < -0.3 is 9.84 Å². The predicted octanol–water partition coefficient (Wildman–Crippen LogP) is 5.23. The van der Waals surface area contributed by atoms with E-state index in [1.807, 2.05) is 0 Å². The van der Waals surface area contributed by atoms with Crippen LogP contribution in [0.2, 0.25) is 0 Å². The molecular formula is C26H40O4. The quantitative estimate of drug-likeness (QED) is 0.624. The van der Waals surface area contributed by atoms with E-state index in [-0.39, 0.29) is 29.5 Å². The number of carbonyl (C=O) groups is 2. The van der Waals surface area contributed by atoms with E-state index in [4.69, 9.17) is 4.74 Å². The highest BCUT2D eigenvalue weighted by Crippen LogP contribution is 2.65. The highest BCUT2D eigenvalue weighted by atomic mass is 16.5. The smallest absolute Gasteiger partial charge is 0.302 e. The zero-order valence-corrected chi connectivity index (χ0v) is 19.3. The number of hydrogen-bond donors (Lipinski definition) is 1. The molecule has 0 aliphatic heterocycles. The van der Waals surface area contributed by atoms with Crippen molar-refractivity contribution < 1.29 is 19.4 Å². The van der Waals surface area contributed by atoms with Gasteiger partial charge in [-0.05, 0) is 92.3 Å². The molecule has 30 heavy (non-hydrogen) atoms. The lowest BCUT2D eigenvalue weighted by Crippen LogP contribution is -2.49. The molecule has 0 unspecified atom stereocenters. The summed E-state index contributed by atoms with van der Waals surface area (Å²) in [6.45, 7) is 8.86. The molecule has 0 spiro atoms. The summed E-state index contributed by atoms with van der Waals surface area (Å²) in [5.74, 6) is 2.26. The fraction of sp³-hybridized carbons (Fsp3) is 0.846. The number of rotatable bonds is 5. The fourth-order valence-corrected chi connectivity index (χ4v) is 8.11. The number of ketones is 1. The average Bonchev–Trinajstić information content (AvgIpc) is 2.97. The molecule has 4 aliphatic carbocycles. The van der Waals surface area contributed by atoms with Gasteiger partial charge in [-0.1, -0.05) is 26.3 Å². The van der Waals surface area contributed by atoms with Crippen LogP contribution in [0.4, 0.5) is 0 Å². The van der Waals surface area contributed by atoms with Crippen LogP contribution in [-0.4, -0.2) is 29.6 Å². The largest absolute Gasteiger partial charge is 0.463 e. The van der Waals surface area contributed by atoms with E-state index < -0.39 is 0 Å². The molecule has 4 heteroatoms. The number of aliphatic hydroxyl groups is 1. The summed E-state index contributed by atoms with van der Waals surface area (Å²) in [6.07, 6.45) is 10.1. The molecule has 4 nitrogen and oxygen atoms in total. The molecule has 1 N–H and O–H groups in total. The second-order valence-corrected chi connectivity index (χ2v) is 11.2. The molecule has 0 aromatic heterocycles. The van der Waals surface area contributed by atoms with Crippen molar-refractivity contribution in [2.45, 2.75) is 98.0 Å². The topological polar surface area (TPSA) is 63.6 Å². The maximum Gasteiger partial charge on any atom is 0.302 e. The van der Waals surface area contributed by atoms with Gasteiger partial charge in [0, 0.05) is 25.5 Å². The molecular weight excluding hydrogens is 376 g/mol. The minimum atomic E-state index is -0.159. The lowest BCUT2D eigenvalue weighted by Gasteiger charge is -2.56. The average molecular weight is 417 g/mol. The zero-order chi connectivity index (χ0) is 21.7. The van der Waals surface area contributed by atoms with Crippen LogP contribution in [0.15, 0.2) is 11.1 Å². The molecule has 0 saturated heterocycles. The summed E-state index contributed by atoms with van der Waals surface area (Å²) in [7, 11) is 0. The van der Waals surface area contributed by atoms with Gasteiger partial charge in [0.15, 0.2) is 5.78 Å². The summed E-state index contributed by atoms with van der Waals surface area (Å²) in [4.78, 5) is 24.8. The monoisotopic (exact) mass is 416 g/mol. The van der Waals surface area contributed by atoms with Gasteiger partial charge in [-0.2, -0.15) is 0 Å². The van der Waals surface area contributed by atoms with Crippen molar-refractivity contribution in [2.75, 3.05) is 6.61 Å². The van der Waals surface area contributed by atoms with Crippen molar-refractivity contribution in [1.82, 2.24) is 0 Å². The van der Waals surface area contributed by atoms with E-state index in [1.54, 1.807) is 0 Å². The number of aliphatic hydroxyl groups excluding tert-OH is 1. The first-order valence-corrected chi connectivity index (χ1v) is 12.3. The Balaban J connectivity index is 1.60. The summed E-state index contributed by atoms with van der Waals surface area (Å²) in [6, 6.07) is 0. The van der Waals surface area contributed by atoms with Gasteiger partial charge in [0.25, 0.3) is 0 Å². The minimum absolute atomic E-state index is 0.0237. The number of Topliss-reactive ketones (excluding diaryl/α,β-unsaturated/α-hetero) is 1. The van der Waals surface area contributed by atoms with Crippen molar-refractivity contribution in [3.05, 3.63) is 11.1 Å². The van der Waals surface area contributed by atoms with Crippen LogP contribution in [-0.2, 0) is 14.3 Å². The lowest BCUT2D eigenvalue weighted by molar-refractivity contribution is -0.152. The van der Waals surface area contributed by atoms with E-state index in [0.717, 1.165) is 51.4 Å². The Labute approximate surface area is 181 Å². The van der Waals surface area contributed by atoms with Crippen LogP contribution in [0.25, 0.3) is 0 Å². The van der Waals surface area contributed by atoms with Gasteiger partial charge in [-0.15, -0.1) is 0 Å². The van der Waals surface area contributed by atoms with Crippen molar-refractivity contribution in [1.29, 1.82) is 0 Å². The molecule has 0 bridgehead atoms. The zero-order valence-electron chi connectivity index (χ0n) is 19.3.